The number of benzene rings is 1. The van der Waals surface area contributed by atoms with Crippen LogP contribution >= 0.6 is 0 Å². The van der Waals surface area contributed by atoms with Crippen LogP contribution in [0.25, 0.3) is 0 Å². The highest BCUT2D eigenvalue weighted by atomic mass is 14.9. The predicted molar refractivity (Wildman–Crippen MR) is 83.5 cm³/mol. The highest BCUT2D eigenvalue weighted by Crippen LogP contribution is 2.35. The van der Waals surface area contributed by atoms with Gasteiger partial charge in [-0.05, 0) is 51.1 Å². The van der Waals surface area contributed by atoms with Gasteiger partial charge in [0, 0.05) is 6.04 Å². The van der Waals surface area contributed by atoms with Crippen LogP contribution in [-0.2, 0) is 0 Å². The van der Waals surface area contributed by atoms with Crippen LogP contribution in [0, 0.1) is 19.8 Å². The molecule has 0 heterocycles. The Kier molecular flexibility index (Phi) is 5.45. The second-order valence-electron chi connectivity index (χ2n) is 6.25. The molecule has 1 unspecified atom stereocenters. The third-order valence-electron chi connectivity index (χ3n) is 4.34. The maximum Gasteiger partial charge on any atom is 0.0348 e. The molecule has 1 aromatic carbocycles. The largest absolute Gasteiger partial charge is 0.310 e. The van der Waals surface area contributed by atoms with Crippen LogP contribution in [0.2, 0.25) is 0 Å². The summed E-state index contributed by atoms with van der Waals surface area (Å²) < 4.78 is 0. The van der Waals surface area contributed by atoms with E-state index >= 15 is 0 Å². The average molecular weight is 259 g/mol. The summed E-state index contributed by atoms with van der Waals surface area (Å²) in [4.78, 5) is 0. The Morgan fingerprint density at radius 3 is 2.26 bits per heavy atom. The van der Waals surface area contributed by atoms with E-state index in [1.165, 1.54) is 55.2 Å². The van der Waals surface area contributed by atoms with E-state index in [1.807, 2.05) is 0 Å². The first kappa shape index (κ1) is 14.6. The zero-order chi connectivity index (χ0) is 13.7. The molecule has 1 nitrogen and oxygen atoms in total. The van der Waals surface area contributed by atoms with Crippen molar-refractivity contribution in [1.29, 1.82) is 0 Å². The summed E-state index contributed by atoms with van der Waals surface area (Å²) in [5.74, 6) is 0.835. The van der Waals surface area contributed by atoms with Crippen LogP contribution < -0.4 is 5.32 Å². The molecule has 0 spiro atoms. The fraction of sp³-hybridized carbons (Fsp3) is 0.667. The van der Waals surface area contributed by atoms with Crippen molar-refractivity contribution in [2.24, 2.45) is 5.92 Å². The van der Waals surface area contributed by atoms with Crippen molar-refractivity contribution in [2.75, 3.05) is 6.54 Å². The van der Waals surface area contributed by atoms with E-state index < -0.39 is 0 Å². The molecular weight excluding hydrogens is 230 g/mol. The average Bonchev–Trinajstić information content (AvgIpc) is 2.39. The van der Waals surface area contributed by atoms with Crippen molar-refractivity contribution < 1.29 is 0 Å². The predicted octanol–water partition coefficient (Wildman–Crippen LogP) is 4.92. The van der Waals surface area contributed by atoms with Gasteiger partial charge >= 0.3 is 0 Å². The van der Waals surface area contributed by atoms with Gasteiger partial charge in [-0.2, -0.15) is 0 Å². The highest BCUT2D eigenvalue weighted by Gasteiger charge is 2.24. The summed E-state index contributed by atoms with van der Waals surface area (Å²) in [5.41, 5.74) is 4.31. The molecule has 0 aliphatic heterocycles. The molecule has 1 fully saturated rings. The third kappa shape index (κ3) is 4.07. The first-order chi connectivity index (χ1) is 9.20. The molecule has 0 amide bonds. The summed E-state index contributed by atoms with van der Waals surface area (Å²) in [6.45, 7) is 7.82. The number of nitrogens with one attached hydrogen (secondary N) is 1. The van der Waals surface area contributed by atoms with E-state index in [2.05, 4.69) is 44.3 Å². The Morgan fingerprint density at radius 2 is 1.68 bits per heavy atom. The molecule has 0 radical (unpaired) electrons. The van der Waals surface area contributed by atoms with Crippen molar-refractivity contribution in [2.45, 2.75) is 65.3 Å². The van der Waals surface area contributed by atoms with Gasteiger partial charge in [-0.25, -0.2) is 0 Å². The normalized spacial score (nSPS) is 18.5. The molecule has 106 valence electrons. The molecule has 1 atom stereocenters. The van der Waals surface area contributed by atoms with E-state index in [4.69, 9.17) is 0 Å². The number of hydrogen-bond acceptors (Lipinski definition) is 1. The van der Waals surface area contributed by atoms with Crippen LogP contribution in [0.1, 0.15) is 68.2 Å². The van der Waals surface area contributed by atoms with E-state index in [9.17, 15) is 0 Å². The second kappa shape index (κ2) is 7.09. The lowest BCUT2D eigenvalue weighted by Crippen LogP contribution is -2.30. The quantitative estimate of drug-likeness (QED) is 0.791. The van der Waals surface area contributed by atoms with Crippen molar-refractivity contribution in [3.63, 3.8) is 0 Å². The SMILES string of the molecule is CCCNC(c1cc(C)cc(C)c1)C1CCCCC1. The number of hydrogen-bond donors (Lipinski definition) is 1. The van der Waals surface area contributed by atoms with E-state index in [-0.39, 0.29) is 0 Å². The van der Waals surface area contributed by atoms with Crippen molar-refractivity contribution >= 4 is 0 Å². The fourth-order valence-corrected chi connectivity index (χ4v) is 3.51. The minimum absolute atomic E-state index is 0.568. The minimum Gasteiger partial charge on any atom is -0.310 e. The number of rotatable bonds is 5. The van der Waals surface area contributed by atoms with Gasteiger partial charge in [-0.15, -0.1) is 0 Å². The summed E-state index contributed by atoms with van der Waals surface area (Å²) in [6, 6.07) is 7.62. The van der Waals surface area contributed by atoms with Crippen molar-refractivity contribution in [3.8, 4) is 0 Å². The van der Waals surface area contributed by atoms with E-state index in [1.54, 1.807) is 0 Å². The molecule has 1 N–H and O–H groups in total. The molecule has 0 saturated heterocycles. The molecule has 1 heteroatoms. The fourth-order valence-electron chi connectivity index (χ4n) is 3.51. The first-order valence-electron chi connectivity index (χ1n) is 8.02. The Labute approximate surface area is 118 Å². The van der Waals surface area contributed by atoms with Crippen LogP contribution in [0.5, 0.6) is 0 Å². The second-order valence-corrected chi connectivity index (χ2v) is 6.25. The maximum atomic E-state index is 3.81. The molecule has 19 heavy (non-hydrogen) atoms. The Morgan fingerprint density at radius 1 is 1.05 bits per heavy atom. The van der Waals surface area contributed by atoms with Crippen LogP contribution in [0.15, 0.2) is 18.2 Å². The zero-order valence-electron chi connectivity index (χ0n) is 12.8. The van der Waals surface area contributed by atoms with Gasteiger partial charge in [-0.1, -0.05) is 55.5 Å². The Hall–Kier alpha value is -0.820. The topological polar surface area (TPSA) is 12.0 Å². The Balaban J connectivity index is 2.19. The summed E-state index contributed by atoms with van der Waals surface area (Å²) >= 11 is 0. The van der Waals surface area contributed by atoms with Gasteiger partial charge in [-0.3, -0.25) is 0 Å². The lowest BCUT2D eigenvalue weighted by atomic mass is 9.80. The summed E-state index contributed by atoms with van der Waals surface area (Å²) in [6.07, 6.45) is 8.28. The van der Waals surface area contributed by atoms with Crippen molar-refractivity contribution in [3.05, 3.63) is 34.9 Å². The molecule has 0 aromatic heterocycles. The first-order valence-corrected chi connectivity index (χ1v) is 8.02. The van der Waals surface area contributed by atoms with Crippen LogP contribution in [0.3, 0.4) is 0 Å². The lowest BCUT2D eigenvalue weighted by Gasteiger charge is -2.32. The molecule has 1 aliphatic carbocycles. The standard InChI is InChI=1S/C18H29N/c1-4-10-19-18(16-8-6-5-7-9-16)17-12-14(2)11-15(3)13-17/h11-13,16,18-19H,4-10H2,1-3H3. The molecule has 2 rings (SSSR count). The third-order valence-corrected chi connectivity index (χ3v) is 4.34. The van der Waals surface area contributed by atoms with Gasteiger partial charge in [0.2, 0.25) is 0 Å². The van der Waals surface area contributed by atoms with Gasteiger partial charge in [0.05, 0.1) is 0 Å². The monoisotopic (exact) mass is 259 g/mol. The highest BCUT2D eigenvalue weighted by molar-refractivity contribution is 5.31. The van der Waals surface area contributed by atoms with Gasteiger partial charge in [0.15, 0.2) is 0 Å². The zero-order valence-corrected chi connectivity index (χ0v) is 12.8. The Bertz CT molecular complexity index is 370. The summed E-state index contributed by atoms with van der Waals surface area (Å²) in [5, 5.41) is 3.81. The molecular formula is C18H29N. The maximum absolute atomic E-state index is 3.81. The van der Waals surface area contributed by atoms with E-state index in [0.717, 1.165) is 12.5 Å². The minimum atomic E-state index is 0.568. The lowest BCUT2D eigenvalue weighted by molar-refractivity contribution is 0.272. The molecule has 1 aromatic rings. The number of aryl methyl sites for hydroxylation is 2. The smallest absolute Gasteiger partial charge is 0.0348 e. The van der Waals surface area contributed by atoms with Gasteiger partial charge in [0.25, 0.3) is 0 Å². The summed E-state index contributed by atoms with van der Waals surface area (Å²) in [7, 11) is 0. The van der Waals surface area contributed by atoms with Crippen LogP contribution in [-0.4, -0.2) is 6.54 Å². The molecule has 1 aliphatic rings. The van der Waals surface area contributed by atoms with E-state index in [0.29, 0.717) is 6.04 Å². The van der Waals surface area contributed by atoms with Crippen molar-refractivity contribution in [1.82, 2.24) is 5.32 Å². The molecule has 1 saturated carbocycles. The van der Waals surface area contributed by atoms with Gasteiger partial charge in [0.1, 0.15) is 0 Å². The van der Waals surface area contributed by atoms with Gasteiger partial charge < -0.3 is 5.32 Å². The van der Waals surface area contributed by atoms with Crippen LogP contribution in [0.4, 0.5) is 0 Å². The molecule has 0 bridgehead atoms.